The number of methoxy groups -OCH3 is 1. The Hall–Kier alpha value is -3.35. The third-order valence-corrected chi connectivity index (χ3v) is 6.29. The summed E-state index contributed by atoms with van der Waals surface area (Å²) in [6, 6.07) is 14.4. The van der Waals surface area contributed by atoms with Crippen molar-refractivity contribution < 1.29 is 19.4 Å². The molecular weight excluding hydrogens is 463 g/mol. The third-order valence-electron chi connectivity index (χ3n) is 5.55. The van der Waals surface area contributed by atoms with Gasteiger partial charge in [0.2, 0.25) is 0 Å². The highest BCUT2D eigenvalue weighted by Gasteiger charge is 2.46. The number of hydrogen-bond acceptors (Lipinski definition) is 5. The smallest absolute Gasteiger partial charge is 0.296 e. The Morgan fingerprint density at radius 1 is 1.09 bits per heavy atom. The Morgan fingerprint density at radius 2 is 1.88 bits per heavy atom. The lowest BCUT2D eigenvalue weighted by molar-refractivity contribution is -0.140. The van der Waals surface area contributed by atoms with Crippen LogP contribution in [0.3, 0.4) is 0 Å². The first-order chi connectivity index (χ1) is 15.8. The topological polar surface area (TPSA) is 79.7 Å². The number of ether oxygens (including phenoxy) is 1. The number of ketones is 1. The molecule has 6 nitrogen and oxygen atoms in total. The first-order valence-electron chi connectivity index (χ1n) is 10.1. The third kappa shape index (κ3) is 4.32. The highest BCUT2D eigenvalue weighted by Crippen LogP contribution is 2.42. The molecule has 3 aromatic rings. The van der Waals surface area contributed by atoms with Gasteiger partial charge in [0.1, 0.15) is 11.5 Å². The first-order valence-corrected chi connectivity index (χ1v) is 10.9. The summed E-state index contributed by atoms with van der Waals surface area (Å²) in [6.45, 7) is 1.87. The molecule has 1 amide bonds. The lowest BCUT2D eigenvalue weighted by Crippen LogP contribution is -2.29. The number of aromatic nitrogens is 1. The van der Waals surface area contributed by atoms with Crippen LogP contribution in [0.1, 0.15) is 28.4 Å². The van der Waals surface area contributed by atoms with Gasteiger partial charge in [-0.25, -0.2) is 0 Å². The number of likely N-dealkylation sites (tertiary alicyclic amines) is 1. The first kappa shape index (κ1) is 22.8. The van der Waals surface area contributed by atoms with E-state index in [1.807, 2.05) is 0 Å². The number of amides is 1. The summed E-state index contributed by atoms with van der Waals surface area (Å²) in [7, 11) is 1.54. The molecule has 1 aliphatic heterocycles. The van der Waals surface area contributed by atoms with Crippen molar-refractivity contribution in [2.24, 2.45) is 0 Å². The minimum Gasteiger partial charge on any atom is -0.507 e. The van der Waals surface area contributed by atoms with Crippen molar-refractivity contribution in [1.82, 2.24) is 9.88 Å². The van der Waals surface area contributed by atoms with Crippen molar-refractivity contribution in [3.05, 3.63) is 98.8 Å². The minimum atomic E-state index is -0.872. The van der Waals surface area contributed by atoms with E-state index in [0.29, 0.717) is 33.2 Å². The molecule has 0 aliphatic carbocycles. The zero-order valence-electron chi connectivity index (χ0n) is 17.9. The van der Waals surface area contributed by atoms with Gasteiger partial charge in [0.05, 0.1) is 41.0 Å². The van der Waals surface area contributed by atoms with Gasteiger partial charge in [0, 0.05) is 11.8 Å². The quantitative estimate of drug-likeness (QED) is 0.302. The lowest BCUT2D eigenvalue weighted by Gasteiger charge is -2.25. The van der Waals surface area contributed by atoms with Gasteiger partial charge in [0.25, 0.3) is 11.7 Å². The van der Waals surface area contributed by atoms with Crippen molar-refractivity contribution in [1.29, 1.82) is 0 Å². The van der Waals surface area contributed by atoms with Gasteiger partial charge in [-0.15, -0.1) is 0 Å². The molecular formula is C25H20Cl2N2O4. The van der Waals surface area contributed by atoms with E-state index in [1.54, 1.807) is 74.8 Å². The number of rotatable bonds is 5. The van der Waals surface area contributed by atoms with Crippen LogP contribution in [-0.4, -0.2) is 33.8 Å². The zero-order chi connectivity index (χ0) is 23.7. The lowest BCUT2D eigenvalue weighted by atomic mass is 9.94. The van der Waals surface area contributed by atoms with Crippen LogP contribution in [0.25, 0.3) is 5.76 Å². The second-order valence-corrected chi connectivity index (χ2v) is 8.42. The summed E-state index contributed by atoms with van der Waals surface area (Å²) in [4.78, 5) is 31.9. The fourth-order valence-electron chi connectivity index (χ4n) is 3.91. The Kier molecular flexibility index (Phi) is 6.40. The number of nitrogens with zero attached hydrogens (tertiary/aromatic N) is 2. The van der Waals surface area contributed by atoms with E-state index in [4.69, 9.17) is 27.9 Å². The monoisotopic (exact) mass is 482 g/mol. The molecule has 168 valence electrons. The molecule has 0 radical (unpaired) electrons. The summed E-state index contributed by atoms with van der Waals surface area (Å²) in [6.07, 6.45) is 1.61. The van der Waals surface area contributed by atoms with E-state index < -0.39 is 17.7 Å². The van der Waals surface area contributed by atoms with Crippen LogP contribution >= 0.6 is 23.2 Å². The number of Topliss-reactive ketones (excluding diaryl/α,β-unsaturated/α-hetero) is 1. The van der Waals surface area contributed by atoms with Gasteiger partial charge in [0.15, 0.2) is 0 Å². The van der Waals surface area contributed by atoms with E-state index in [0.717, 1.165) is 0 Å². The van der Waals surface area contributed by atoms with Crippen LogP contribution in [0.5, 0.6) is 5.75 Å². The van der Waals surface area contributed by atoms with Crippen molar-refractivity contribution in [2.45, 2.75) is 19.5 Å². The van der Waals surface area contributed by atoms with Crippen molar-refractivity contribution >= 4 is 40.7 Å². The number of pyridine rings is 1. The number of carbonyl (C=O) groups is 2. The van der Waals surface area contributed by atoms with Crippen LogP contribution in [0, 0.1) is 6.92 Å². The van der Waals surface area contributed by atoms with E-state index in [9.17, 15) is 14.7 Å². The van der Waals surface area contributed by atoms with Crippen LogP contribution in [0.2, 0.25) is 10.0 Å². The summed E-state index contributed by atoms with van der Waals surface area (Å²) >= 11 is 12.3. The van der Waals surface area contributed by atoms with E-state index in [2.05, 4.69) is 4.98 Å². The van der Waals surface area contributed by atoms with Crippen LogP contribution in [0.4, 0.5) is 0 Å². The number of carbonyl (C=O) groups excluding carboxylic acids is 2. The molecule has 1 unspecified atom stereocenters. The number of aliphatic hydroxyl groups excluding tert-OH is 1. The normalized spacial score (nSPS) is 17.5. The number of aliphatic hydroxyl groups is 1. The van der Waals surface area contributed by atoms with Crippen molar-refractivity contribution in [2.75, 3.05) is 7.11 Å². The van der Waals surface area contributed by atoms with Crippen molar-refractivity contribution in [3.8, 4) is 5.75 Å². The fourth-order valence-corrected chi connectivity index (χ4v) is 4.22. The molecule has 1 N–H and O–H groups in total. The highest BCUT2D eigenvalue weighted by molar-refractivity contribution is 6.46. The average molecular weight is 483 g/mol. The molecule has 1 aliphatic rings. The Labute approximate surface area is 201 Å². The predicted octanol–water partition coefficient (Wildman–Crippen LogP) is 5.33. The van der Waals surface area contributed by atoms with Crippen LogP contribution < -0.4 is 4.74 Å². The average Bonchev–Trinajstić information content (AvgIpc) is 3.06. The molecule has 8 heteroatoms. The molecule has 0 bridgehead atoms. The fraction of sp³-hybridized carbons (Fsp3) is 0.160. The molecule has 1 aromatic heterocycles. The molecule has 1 fully saturated rings. The van der Waals surface area contributed by atoms with Crippen molar-refractivity contribution in [3.63, 3.8) is 0 Å². The number of benzene rings is 2. The second kappa shape index (κ2) is 9.25. The van der Waals surface area contributed by atoms with Crippen LogP contribution in [0.15, 0.2) is 66.4 Å². The largest absolute Gasteiger partial charge is 0.507 e. The van der Waals surface area contributed by atoms with Gasteiger partial charge in [-0.2, -0.15) is 0 Å². The van der Waals surface area contributed by atoms with E-state index >= 15 is 0 Å². The molecule has 2 aromatic carbocycles. The Bertz CT molecular complexity index is 1270. The molecule has 4 rings (SSSR count). The molecule has 0 spiro atoms. The van der Waals surface area contributed by atoms with Gasteiger partial charge in [-0.05, 0) is 60.5 Å². The molecule has 1 saturated heterocycles. The predicted molar refractivity (Wildman–Crippen MR) is 126 cm³/mol. The summed E-state index contributed by atoms with van der Waals surface area (Å²) in [5, 5.41) is 11.9. The maximum atomic E-state index is 13.2. The molecule has 33 heavy (non-hydrogen) atoms. The number of halogens is 2. The van der Waals surface area contributed by atoms with Crippen LogP contribution in [-0.2, 0) is 16.1 Å². The number of aryl methyl sites for hydroxylation is 1. The van der Waals surface area contributed by atoms with Gasteiger partial charge in [-0.3, -0.25) is 14.6 Å². The summed E-state index contributed by atoms with van der Waals surface area (Å²) in [5.74, 6) is -1.17. The molecule has 1 atom stereocenters. The highest BCUT2D eigenvalue weighted by atomic mass is 35.5. The summed E-state index contributed by atoms with van der Waals surface area (Å²) in [5.41, 5.74) is 2.24. The molecule has 0 saturated carbocycles. The zero-order valence-corrected chi connectivity index (χ0v) is 19.4. The molecule has 2 heterocycles. The van der Waals surface area contributed by atoms with E-state index in [-0.39, 0.29) is 22.9 Å². The van der Waals surface area contributed by atoms with E-state index in [1.165, 1.54) is 4.90 Å². The Morgan fingerprint density at radius 3 is 2.52 bits per heavy atom. The Balaban J connectivity index is 1.90. The second-order valence-electron chi connectivity index (χ2n) is 7.60. The minimum absolute atomic E-state index is 0.0254. The van der Waals surface area contributed by atoms with Gasteiger partial charge < -0.3 is 14.7 Å². The maximum Gasteiger partial charge on any atom is 0.296 e. The standard InChI is InChI=1S/C25H20Cl2N2O4/c1-14-11-17(33-2)7-8-18(14)23(30)21-22(15-6-9-19(26)20(27)12-15)29(25(32)24(21)31)13-16-5-3-4-10-28-16/h3-12,22,30H,13H2,1-2H3/b23-21-. The SMILES string of the molecule is COc1ccc(/C(O)=C2/C(=O)C(=O)N(Cc3ccccn3)C2c2ccc(Cl)c(Cl)c2)c(C)c1. The summed E-state index contributed by atoms with van der Waals surface area (Å²) < 4.78 is 5.23. The van der Waals surface area contributed by atoms with Gasteiger partial charge >= 0.3 is 0 Å². The number of hydrogen-bond donors (Lipinski definition) is 1. The maximum absolute atomic E-state index is 13.2. The van der Waals surface area contributed by atoms with Gasteiger partial charge in [-0.1, -0.05) is 35.3 Å².